The van der Waals surface area contributed by atoms with Crippen LogP contribution in [0.25, 0.3) is 0 Å². The number of nitrogens with one attached hydrogen (secondary N) is 1. The van der Waals surface area contributed by atoms with E-state index in [2.05, 4.69) is 5.32 Å². The van der Waals surface area contributed by atoms with Gasteiger partial charge in [0.1, 0.15) is 0 Å². The number of nitrogens with zero attached hydrogens (tertiary/aromatic N) is 1. The van der Waals surface area contributed by atoms with E-state index in [-0.39, 0.29) is 0 Å². The Labute approximate surface area is 153 Å². The Morgan fingerprint density at radius 1 is 1.15 bits per heavy atom. The number of carbonyl (C=O) groups excluding carboxylic acids is 1. The summed E-state index contributed by atoms with van der Waals surface area (Å²) in [6.45, 7) is -0.568. The van der Waals surface area contributed by atoms with Crippen molar-refractivity contribution in [2.24, 2.45) is 0 Å². The molecule has 0 saturated carbocycles. The van der Waals surface area contributed by atoms with E-state index < -0.39 is 44.1 Å². The van der Waals surface area contributed by atoms with Crippen molar-refractivity contribution < 1.29 is 26.4 Å². The van der Waals surface area contributed by atoms with Crippen LogP contribution in [-0.4, -0.2) is 32.2 Å². The first kappa shape index (κ1) is 20.2. The maximum absolute atomic E-state index is 12.9. The Kier molecular flexibility index (Phi) is 5.94. The second-order valence-electron chi connectivity index (χ2n) is 5.31. The summed E-state index contributed by atoms with van der Waals surface area (Å²) < 4.78 is 64.3. The number of alkyl halides is 3. The number of rotatable bonds is 5. The van der Waals surface area contributed by atoms with Gasteiger partial charge in [-0.1, -0.05) is 29.8 Å². The van der Waals surface area contributed by atoms with Gasteiger partial charge in [-0.25, -0.2) is 8.42 Å². The van der Waals surface area contributed by atoms with Gasteiger partial charge < -0.3 is 5.32 Å². The lowest BCUT2D eigenvalue weighted by Crippen LogP contribution is -2.35. The van der Waals surface area contributed by atoms with Crippen molar-refractivity contribution in [1.29, 1.82) is 0 Å². The van der Waals surface area contributed by atoms with E-state index in [0.717, 1.165) is 19.2 Å². The quantitative estimate of drug-likeness (QED) is 0.824. The van der Waals surface area contributed by atoms with Crippen molar-refractivity contribution in [2.75, 3.05) is 18.9 Å². The van der Waals surface area contributed by atoms with E-state index >= 15 is 0 Å². The zero-order valence-electron chi connectivity index (χ0n) is 13.4. The highest BCUT2D eigenvalue weighted by molar-refractivity contribution is 7.89. The second-order valence-corrected chi connectivity index (χ2v) is 7.77. The fraction of sp³-hybridized carbons (Fsp3) is 0.188. The van der Waals surface area contributed by atoms with E-state index in [1.807, 2.05) is 0 Å². The van der Waals surface area contributed by atoms with Crippen LogP contribution in [0, 0.1) is 0 Å². The van der Waals surface area contributed by atoms with Crippen LogP contribution in [0.5, 0.6) is 0 Å². The molecule has 0 saturated heterocycles. The third kappa shape index (κ3) is 4.75. The lowest BCUT2D eigenvalue weighted by atomic mass is 10.2. The summed E-state index contributed by atoms with van der Waals surface area (Å²) in [6.07, 6.45) is -4.80. The van der Waals surface area contributed by atoms with Crippen LogP contribution < -0.4 is 5.32 Å². The molecule has 0 radical (unpaired) electrons. The molecule has 140 valence electrons. The molecule has 1 N–H and O–H groups in total. The second kappa shape index (κ2) is 7.65. The molecule has 0 bridgehead atoms. The van der Waals surface area contributed by atoms with Crippen molar-refractivity contribution in [3.63, 3.8) is 0 Å². The van der Waals surface area contributed by atoms with Crippen LogP contribution in [0.15, 0.2) is 53.4 Å². The fourth-order valence-corrected chi connectivity index (χ4v) is 3.45. The molecule has 0 aliphatic carbocycles. The number of hydrogen-bond acceptors (Lipinski definition) is 3. The number of benzene rings is 2. The number of para-hydroxylation sites is 1. The Balaban J connectivity index is 2.20. The average Bonchev–Trinajstić information content (AvgIpc) is 2.54. The normalized spacial score (nSPS) is 12.2. The SMILES string of the molecule is CN(CC(=O)Nc1ccccc1)S(=O)(=O)c1ccc(Cl)c(C(F)(F)F)c1. The van der Waals surface area contributed by atoms with Gasteiger partial charge in [0.15, 0.2) is 0 Å². The van der Waals surface area contributed by atoms with Crippen molar-refractivity contribution in [3.8, 4) is 0 Å². The van der Waals surface area contributed by atoms with Gasteiger partial charge in [0.2, 0.25) is 15.9 Å². The van der Waals surface area contributed by atoms with Crippen LogP contribution in [0.4, 0.5) is 18.9 Å². The first-order valence-corrected chi connectivity index (χ1v) is 9.01. The maximum atomic E-state index is 12.9. The highest BCUT2D eigenvalue weighted by Crippen LogP contribution is 2.36. The summed E-state index contributed by atoms with van der Waals surface area (Å²) in [5, 5.41) is 1.88. The zero-order valence-corrected chi connectivity index (χ0v) is 15.0. The number of sulfonamides is 1. The summed E-state index contributed by atoms with van der Waals surface area (Å²) in [5.41, 5.74) is -0.795. The molecule has 0 aromatic heterocycles. The molecule has 5 nitrogen and oxygen atoms in total. The number of halogens is 4. The summed E-state index contributed by atoms with van der Waals surface area (Å²) >= 11 is 5.49. The molecule has 0 atom stereocenters. The first-order chi connectivity index (χ1) is 12.0. The third-order valence-electron chi connectivity index (χ3n) is 3.38. The fourth-order valence-electron chi connectivity index (χ4n) is 2.07. The highest BCUT2D eigenvalue weighted by Gasteiger charge is 2.35. The number of hydrogen-bond donors (Lipinski definition) is 1. The molecule has 2 aromatic carbocycles. The number of carbonyl (C=O) groups is 1. The lowest BCUT2D eigenvalue weighted by Gasteiger charge is -2.18. The molecular formula is C16H14ClF3N2O3S. The van der Waals surface area contributed by atoms with Gasteiger partial charge in [0.05, 0.1) is 22.0 Å². The van der Waals surface area contributed by atoms with Crippen LogP contribution in [0.2, 0.25) is 5.02 Å². The van der Waals surface area contributed by atoms with E-state index in [9.17, 15) is 26.4 Å². The molecule has 2 rings (SSSR count). The first-order valence-electron chi connectivity index (χ1n) is 7.20. The van der Waals surface area contributed by atoms with E-state index in [1.54, 1.807) is 30.3 Å². The highest BCUT2D eigenvalue weighted by atomic mass is 35.5. The molecule has 2 aromatic rings. The monoisotopic (exact) mass is 406 g/mol. The van der Waals surface area contributed by atoms with Gasteiger partial charge in [-0.15, -0.1) is 0 Å². The average molecular weight is 407 g/mol. The lowest BCUT2D eigenvalue weighted by molar-refractivity contribution is -0.137. The Hall–Kier alpha value is -2.10. The van der Waals surface area contributed by atoms with E-state index in [4.69, 9.17) is 11.6 Å². The molecule has 0 fully saturated rings. The number of anilines is 1. The number of amides is 1. The van der Waals surface area contributed by atoms with Crippen LogP contribution >= 0.6 is 11.6 Å². The van der Waals surface area contributed by atoms with Crippen LogP contribution in [0.3, 0.4) is 0 Å². The Morgan fingerprint density at radius 2 is 1.77 bits per heavy atom. The minimum absolute atomic E-state index is 0.448. The molecule has 0 heterocycles. The van der Waals surface area contributed by atoms with Crippen molar-refractivity contribution in [3.05, 3.63) is 59.1 Å². The van der Waals surface area contributed by atoms with Crippen molar-refractivity contribution >= 4 is 33.2 Å². The van der Waals surface area contributed by atoms with Crippen LogP contribution in [-0.2, 0) is 21.0 Å². The third-order valence-corrected chi connectivity index (χ3v) is 5.50. The molecule has 10 heteroatoms. The van der Waals surface area contributed by atoms with Gasteiger partial charge in [0.25, 0.3) is 0 Å². The van der Waals surface area contributed by atoms with Crippen LogP contribution in [0.1, 0.15) is 5.56 Å². The molecule has 0 unspecified atom stereocenters. The smallest absolute Gasteiger partial charge is 0.325 e. The van der Waals surface area contributed by atoms with Gasteiger partial charge in [-0.2, -0.15) is 17.5 Å². The molecular weight excluding hydrogens is 393 g/mol. The Morgan fingerprint density at radius 3 is 2.35 bits per heavy atom. The summed E-state index contributed by atoms with van der Waals surface area (Å²) in [6, 6.07) is 10.6. The summed E-state index contributed by atoms with van der Waals surface area (Å²) in [5.74, 6) is -0.632. The molecule has 0 aliphatic rings. The van der Waals surface area contributed by atoms with Gasteiger partial charge >= 0.3 is 6.18 Å². The van der Waals surface area contributed by atoms with Gasteiger partial charge in [-0.3, -0.25) is 4.79 Å². The largest absolute Gasteiger partial charge is 0.417 e. The van der Waals surface area contributed by atoms with Crippen molar-refractivity contribution in [2.45, 2.75) is 11.1 Å². The van der Waals surface area contributed by atoms with E-state index in [1.165, 1.54) is 0 Å². The van der Waals surface area contributed by atoms with E-state index in [0.29, 0.717) is 16.1 Å². The topological polar surface area (TPSA) is 66.5 Å². The standard InChI is InChI=1S/C16H14ClF3N2O3S/c1-22(10-15(23)21-11-5-3-2-4-6-11)26(24,25)12-7-8-14(17)13(9-12)16(18,19)20/h2-9H,10H2,1H3,(H,21,23). The Bertz CT molecular complexity index is 903. The minimum Gasteiger partial charge on any atom is -0.325 e. The molecule has 0 spiro atoms. The summed E-state index contributed by atoms with van der Waals surface area (Å²) in [4.78, 5) is 11.4. The number of likely N-dealkylation sites (N-methyl/N-ethyl adjacent to an activating group) is 1. The minimum atomic E-state index is -4.80. The summed E-state index contributed by atoms with van der Waals surface area (Å²) in [7, 11) is -3.21. The maximum Gasteiger partial charge on any atom is 0.417 e. The predicted molar refractivity (Wildman–Crippen MR) is 91.3 cm³/mol. The van der Waals surface area contributed by atoms with Crippen molar-refractivity contribution in [1.82, 2.24) is 4.31 Å². The van der Waals surface area contributed by atoms with Gasteiger partial charge in [0, 0.05) is 12.7 Å². The van der Waals surface area contributed by atoms with Gasteiger partial charge in [-0.05, 0) is 30.3 Å². The predicted octanol–water partition coefficient (Wildman–Crippen LogP) is 3.62. The molecule has 1 amide bonds. The zero-order chi connectivity index (χ0) is 19.5. The molecule has 0 aliphatic heterocycles. The molecule has 26 heavy (non-hydrogen) atoms.